The number of nitrogens with one attached hydrogen (secondary N) is 1. The lowest BCUT2D eigenvalue weighted by Crippen LogP contribution is -2.14. The van der Waals surface area contributed by atoms with Crippen LogP contribution in [0, 0.1) is 5.82 Å². The molecule has 0 saturated carbocycles. The van der Waals surface area contributed by atoms with Crippen molar-refractivity contribution in [3.05, 3.63) is 52.8 Å². The monoisotopic (exact) mass is 354 g/mol. The van der Waals surface area contributed by atoms with Crippen molar-refractivity contribution in [2.75, 3.05) is 16.8 Å². The second-order valence-corrected chi connectivity index (χ2v) is 5.97. The van der Waals surface area contributed by atoms with Gasteiger partial charge in [-0.3, -0.25) is 4.79 Å². The van der Waals surface area contributed by atoms with Gasteiger partial charge in [-0.25, -0.2) is 4.39 Å². The van der Waals surface area contributed by atoms with Gasteiger partial charge in [-0.1, -0.05) is 22.0 Å². The number of thioether (sulfide) groups is 1. The molecule has 0 fully saturated rings. The molecule has 1 amide bonds. The van der Waals surface area contributed by atoms with Gasteiger partial charge in [0.05, 0.1) is 5.75 Å². The molecule has 3 N–H and O–H groups in total. The van der Waals surface area contributed by atoms with Crippen molar-refractivity contribution >= 4 is 45.0 Å². The Kier molecular flexibility index (Phi) is 5.03. The molecule has 2 aromatic rings. The summed E-state index contributed by atoms with van der Waals surface area (Å²) >= 11 is 4.46. The summed E-state index contributed by atoms with van der Waals surface area (Å²) in [5.41, 5.74) is 6.53. The van der Waals surface area contributed by atoms with E-state index in [1.807, 2.05) is 12.1 Å². The fraction of sp³-hybridized carbons (Fsp3) is 0.0714. The van der Waals surface area contributed by atoms with E-state index in [-0.39, 0.29) is 11.7 Å². The van der Waals surface area contributed by atoms with Crippen molar-refractivity contribution in [2.45, 2.75) is 4.90 Å². The highest BCUT2D eigenvalue weighted by molar-refractivity contribution is 9.10. The molecule has 20 heavy (non-hydrogen) atoms. The summed E-state index contributed by atoms with van der Waals surface area (Å²) in [6.45, 7) is 0. The second-order valence-electron chi connectivity index (χ2n) is 4.04. The quantitative estimate of drug-likeness (QED) is 0.646. The van der Waals surface area contributed by atoms with Crippen LogP contribution in [0.1, 0.15) is 0 Å². The maximum absolute atomic E-state index is 13.5. The third-order valence-electron chi connectivity index (χ3n) is 2.42. The summed E-state index contributed by atoms with van der Waals surface area (Å²) in [5, 5.41) is 2.75. The average molecular weight is 355 g/mol. The van der Waals surface area contributed by atoms with Crippen LogP contribution < -0.4 is 11.1 Å². The molecule has 0 bridgehead atoms. The third-order valence-corrected chi connectivity index (χ3v) is 3.96. The number of rotatable bonds is 4. The van der Waals surface area contributed by atoms with Crippen molar-refractivity contribution < 1.29 is 9.18 Å². The first kappa shape index (κ1) is 14.9. The van der Waals surface area contributed by atoms with E-state index in [2.05, 4.69) is 21.2 Å². The Labute approximate surface area is 128 Å². The van der Waals surface area contributed by atoms with Crippen molar-refractivity contribution in [3.8, 4) is 0 Å². The molecule has 104 valence electrons. The van der Waals surface area contributed by atoms with Gasteiger partial charge < -0.3 is 11.1 Å². The summed E-state index contributed by atoms with van der Waals surface area (Å²) in [7, 11) is 0. The Morgan fingerprint density at radius 1 is 1.30 bits per heavy atom. The highest BCUT2D eigenvalue weighted by atomic mass is 79.9. The summed E-state index contributed by atoms with van der Waals surface area (Å²) < 4.78 is 14.4. The van der Waals surface area contributed by atoms with Crippen LogP contribution in [0.25, 0.3) is 0 Å². The highest BCUT2D eigenvalue weighted by Crippen LogP contribution is 2.24. The van der Waals surface area contributed by atoms with E-state index >= 15 is 0 Å². The van der Waals surface area contributed by atoms with Crippen molar-refractivity contribution in [3.63, 3.8) is 0 Å². The fourth-order valence-electron chi connectivity index (χ4n) is 1.54. The van der Waals surface area contributed by atoms with E-state index in [1.165, 1.54) is 6.07 Å². The summed E-state index contributed by atoms with van der Waals surface area (Å²) in [6.07, 6.45) is 0. The van der Waals surface area contributed by atoms with Crippen LogP contribution in [0.5, 0.6) is 0 Å². The smallest absolute Gasteiger partial charge is 0.234 e. The Balaban J connectivity index is 1.92. The SMILES string of the molecule is Nc1ccc(SCC(=O)Nc2cccc(Br)c2)c(F)c1. The molecule has 0 aromatic heterocycles. The Hall–Kier alpha value is -1.53. The number of carbonyl (C=O) groups excluding carboxylic acids is 1. The minimum absolute atomic E-state index is 0.132. The molecule has 2 rings (SSSR count). The molecule has 6 heteroatoms. The Morgan fingerprint density at radius 2 is 2.10 bits per heavy atom. The van der Waals surface area contributed by atoms with Gasteiger partial charge in [0.2, 0.25) is 5.91 Å². The molecule has 0 unspecified atom stereocenters. The molecule has 0 aliphatic carbocycles. The number of nitrogen functional groups attached to an aromatic ring is 1. The van der Waals surface area contributed by atoms with Gasteiger partial charge in [-0.2, -0.15) is 0 Å². The predicted octanol–water partition coefficient (Wildman–Crippen LogP) is 3.90. The minimum Gasteiger partial charge on any atom is -0.399 e. The second kappa shape index (κ2) is 6.76. The van der Waals surface area contributed by atoms with Gasteiger partial charge >= 0.3 is 0 Å². The maximum Gasteiger partial charge on any atom is 0.234 e. The first-order chi connectivity index (χ1) is 9.54. The number of amides is 1. The minimum atomic E-state index is -0.412. The third kappa shape index (κ3) is 4.25. The normalized spacial score (nSPS) is 10.3. The maximum atomic E-state index is 13.5. The molecule has 0 aliphatic heterocycles. The molecular weight excluding hydrogens is 343 g/mol. The number of nitrogens with two attached hydrogens (primary N) is 1. The Bertz CT molecular complexity index is 636. The number of halogens is 2. The molecule has 2 aromatic carbocycles. The molecule has 0 saturated heterocycles. The van der Waals surface area contributed by atoms with Crippen LogP contribution in [0.3, 0.4) is 0 Å². The van der Waals surface area contributed by atoms with Crippen LogP contribution in [0.15, 0.2) is 51.8 Å². The fourth-order valence-corrected chi connectivity index (χ4v) is 2.66. The zero-order valence-corrected chi connectivity index (χ0v) is 12.8. The van der Waals surface area contributed by atoms with E-state index in [0.717, 1.165) is 16.2 Å². The summed E-state index contributed by atoms with van der Waals surface area (Å²) in [4.78, 5) is 12.2. The van der Waals surface area contributed by atoms with Gasteiger partial charge in [0.25, 0.3) is 0 Å². The van der Waals surface area contributed by atoms with E-state index in [0.29, 0.717) is 16.3 Å². The number of hydrogen-bond donors (Lipinski definition) is 2. The topological polar surface area (TPSA) is 55.1 Å². The average Bonchev–Trinajstić information content (AvgIpc) is 2.37. The largest absolute Gasteiger partial charge is 0.399 e. The lowest BCUT2D eigenvalue weighted by atomic mass is 10.3. The van der Waals surface area contributed by atoms with Crippen LogP contribution in [0.2, 0.25) is 0 Å². The van der Waals surface area contributed by atoms with E-state index < -0.39 is 5.82 Å². The van der Waals surface area contributed by atoms with Gasteiger partial charge in [0.1, 0.15) is 5.82 Å². The van der Waals surface area contributed by atoms with Gasteiger partial charge in [-0.15, -0.1) is 11.8 Å². The lowest BCUT2D eigenvalue weighted by molar-refractivity contribution is -0.113. The zero-order chi connectivity index (χ0) is 14.5. The van der Waals surface area contributed by atoms with Gasteiger partial charge in [0.15, 0.2) is 0 Å². The molecule has 0 aliphatic rings. The zero-order valence-electron chi connectivity index (χ0n) is 10.4. The molecule has 3 nitrogen and oxygen atoms in total. The van der Waals surface area contributed by atoms with Crippen LogP contribution >= 0.6 is 27.7 Å². The predicted molar refractivity (Wildman–Crippen MR) is 84.3 cm³/mol. The van der Waals surface area contributed by atoms with Crippen molar-refractivity contribution in [2.24, 2.45) is 0 Å². The lowest BCUT2D eigenvalue weighted by Gasteiger charge is -2.06. The molecule has 0 atom stereocenters. The summed E-state index contributed by atoms with van der Waals surface area (Å²) in [6, 6.07) is 11.7. The first-order valence-electron chi connectivity index (χ1n) is 5.78. The first-order valence-corrected chi connectivity index (χ1v) is 7.56. The van der Waals surface area contributed by atoms with E-state index in [1.54, 1.807) is 24.3 Å². The summed E-state index contributed by atoms with van der Waals surface area (Å²) in [5.74, 6) is -0.470. The molecule has 0 spiro atoms. The molecule has 0 radical (unpaired) electrons. The number of benzene rings is 2. The van der Waals surface area contributed by atoms with Crippen LogP contribution in [0.4, 0.5) is 15.8 Å². The number of anilines is 2. The van der Waals surface area contributed by atoms with Crippen LogP contribution in [-0.2, 0) is 4.79 Å². The standard InChI is InChI=1S/C14H12BrFN2OS/c15-9-2-1-3-11(6-9)18-14(19)8-20-13-5-4-10(17)7-12(13)16/h1-7H,8,17H2,(H,18,19). The Morgan fingerprint density at radius 3 is 2.80 bits per heavy atom. The highest BCUT2D eigenvalue weighted by Gasteiger charge is 2.07. The van der Waals surface area contributed by atoms with Gasteiger partial charge in [0, 0.05) is 20.7 Å². The number of hydrogen-bond acceptors (Lipinski definition) is 3. The van der Waals surface area contributed by atoms with E-state index in [4.69, 9.17) is 5.73 Å². The number of carbonyl (C=O) groups is 1. The van der Waals surface area contributed by atoms with Crippen LogP contribution in [-0.4, -0.2) is 11.7 Å². The van der Waals surface area contributed by atoms with Gasteiger partial charge in [-0.05, 0) is 36.4 Å². The van der Waals surface area contributed by atoms with E-state index in [9.17, 15) is 9.18 Å². The van der Waals surface area contributed by atoms with Crippen molar-refractivity contribution in [1.82, 2.24) is 0 Å². The van der Waals surface area contributed by atoms with Crippen molar-refractivity contribution in [1.29, 1.82) is 0 Å². The molecular formula is C14H12BrFN2OS. The molecule has 0 heterocycles.